The van der Waals surface area contributed by atoms with Crippen molar-refractivity contribution in [2.75, 3.05) is 0 Å². The summed E-state index contributed by atoms with van der Waals surface area (Å²) < 4.78 is 0. The molecule has 0 aromatic rings. The average molecular weight is 568 g/mol. The van der Waals surface area contributed by atoms with Crippen LogP contribution in [0.1, 0.15) is 226 Å². The van der Waals surface area contributed by atoms with E-state index in [1.54, 1.807) is 6.92 Å². The highest BCUT2D eigenvalue weighted by Crippen LogP contribution is 2.16. The second kappa shape index (κ2) is 38.4. The van der Waals surface area contributed by atoms with Gasteiger partial charge in [-0.05, 0) is 32.1 Å². The van der Waals surface area contributed by atoms with Gasteiger partial charge in [-0.2, -0.15) is 0 Å². The topological polar surface area (TPSA) is 67.8 Å². The molecule has 0 aliphatic carbocycles. The van der Waals surface area contributed by atoms with Crippen LogP contribution in [0.4, 0.5) is 0 Å². The highest BCUT2D eigenvalue weighted by molar-refractivity contribution is 5.63. The van der Waals surface area contributed by atoms with Gasteiger partial charge in [0, 0.05) is 5.97 Å². The Morgan fingerprint density at radius 3 is 0.825 bits per heavy atom. The van der Waals surface area contributed by atoms with Gasteiger partial charge in [0.1, 0.15) is 0 Å². The lowest BCUT2D eigenvalue weighted by Crippen LogP contribution is -2.60. The fraction of sp³-hybridized carbons (Fsp3) is 0.973. The Bertz CT molecular complexity index is 421. The Labute approximate surface area is 253 Å². The molecular formula is C37H77NO2. The van der Waals surface area contributed by atoms with Gasteiger partial charge in [0.05, 0.1) is 6.04 Å². The number of hydrogen-bond acceptors (Lipinski definition) is 2. The number of carboxylic acid groups (broad SMARTS) is 1. The summed E-state index contributed by atoms with van der Waals surface area (Å²) in [5.74, 6) is -0.961. The van der Waals surface area contributed by atoms with E-state index in [0.29, 0.717) is 6.42 Å². The van der Waals surface area contributed by atoms with Crippen molar-refractivity contribution in [3.8, 4) is 0 Å². The summed E-state index contributed by atoms with van der Waals surface area (Å²) >= 11 is 0. The number of carbonyl (C=O) groups excluding carboxylic acids is 1. The van der Waals surface area contributed by atoms with Gasteiger partial charge >= 0.3 is 0 Å². The van der Waals surface area contributed by atoms with Gasteiger partial charge < -0.3 is 15.6 Å². The molecule has 0 bridgehead atoms. The summed E-state index contributed by atoms with van der Waals surface area (Å²) in [5, 5.41) is 9.49. The number of carboxylic acids is 1. The lowest BCUT2D eigenvalue weighted by molar-refractivity contribution is -0.423. The molecule has 242 valence electrons. The van der Waals surface area contributed by atoms with Crippen LogP contribution in [-0.4, -0.2) is 12.0 Å². The fourth-order valence-corrected chi connectivity index (χ4v) is 5.60. The van der Waals surface area contributed by atoms with Crippen molar-refractivity contribution in [2.45, 2.75) is 232 Å². The fourth-order valence-electron chi connectivity index (χ4n) is 5.60. The normalized spacial score (nSPS) is 11.1. The molecule has 0 spiro atoms. The van der Waals surface area contributed by atoms with Crippen molar-refractivity contribution >= 4 is 5.97 Å². The second-order valence-corrected chi connectivity index (χ2v) is 12.8. The van der Waals surface area contributed by atoms with E-state index in [-0.39, 0.29) is 6.42 Å². The molecule has 3 heteroatoms. The van der Waals surface area contributed by atoms with E-state index in [2.05, 4.69) is 19.6 Å². The molecule has 0 aromatic carbocycles. The van der Waals surface area contributed by atoms with Gasteiger partial charge in [0.25, 0.3) is 0 Å². The molecule has 0 radical (unpaired) electrons. The maximum Gasteiger partial charge on any atom is 0.0843 e. The van der Waals surface area contributed by atoms with Gasteiger partial charge in [-0.15, -0.1) is 0 Å². The van der Waals surface area contributed by atoms with E-state index >= 15 is 0 Å². The van der Waals surface area contributed by atoms with Crippen LogP contribution in [0.3, 0.4) is 0 Å². The molecule has 0 aromatic heterocycles. The predicted octanol–water partition coefficient (Wildman–Crippen LogP) is 10.9. The van der Waals surface area contributed by atoms with Crippen LogP contribution in [-0.2, 0) is 4.79 Å². The summed E-state index contributed by atoms with van der Waals surface area (Å²) in [7, 11) is 0. The largest absolute Gasteiger partial charge is 0.550 e. The molecule has 0 atom stereocenters. The molecule has 0 saturated carbocycles. The van der Waals surface area contributed by atoms with Crippen LogP contribution < -0.4 is 10.8 Å². The maximum atomic E-state index is 9.49. The monoisotopic (exact) mass is 568 g/mol. The number of carbonyl (C=O) groups is 1. The van der Waals surface area contributed by atoms with Crippen molar-refractivity contribution in [1.29, 1.82) is 0 Å². The van der Waals surface area contributed by atoms with Crippen LogP contribution >= 0.6 is 0 Å². The van der Waals surface area contributed by atoms with Crippen molar-refractivity contribution in [3.05, 3.63) is 0 Å². The summed E-state index contributed by atoms with van der Waals surface area (Å²) in [6, 6.07) is 0.717. The van der Waals surface area contributed by atoms with Crippen molar-refractivity contribution in [2.24, 2.45) is 0 Å². The minimum atomic E-state index is -0.961. The highest BCUT2D eigenvalue weighted by Gasteiger charge is 2.05. The van der Waals surface area contributed by atoms with E-state index in [9.17, 15) is 9.90 Å². The van der Waals surface area contributed by atoms with Crippen molar-refractivity contribution in [1.82, 2.24) is 0 Å². The first kappa shape index (κ1) is 41.6. The number of hydrogen-bond donors (Lipinski definition) is 1. The maximum absolute atomic E-state index is 9.49. The number of quaternary nitrogens is 1. The van der Waals surface area contributed by atoms with Crippen LogP contribution in [0.15, 0.2) is 0 Å². The van der Waals surface area contributed by atoms with Crippen molar-refractivity contribution in [3.63, 3.8) is 0 Å². The van der Waals surface area contributed by atoms with E-state index in [1.807, 2.05) is 0 Å². The molecule has 0 heterocycles. The lowest BCUT2D eigenvalue weighted by atomic mass is 10.00. The third-order valence-electron chi connectivity index (χ3n) is 8.39. The molecule has 3 N–H and O–H groups in total. The Hall–Kier alpha value is -0.570. The molecule has 0 saturated heterocycles. The van der Waals surface area contributed by atoms with E-state index < -0.39 is 5.97 Å². The van der Waals surface area contributed by atoms with E-state index in [4.69, 9.17) is 0 Å². The van der Waals surface area contributed by atoms with Crippen LogP contribution in [0.2, 0.25) is 0 Å². The minimum absolute atomic E-state index is 0.181. The third kappa shape index (κ3) is 41.9. The summed E-state index contributed by atoms with van der Waals surface area (Å²) in [4.78, 5) is 9.49. The first-order valence-corrected chi connectivity index (χ1v) is 18.6. The minimum Gasteiger partial charge on any atom is -0.550 e. The van der Waals surface area contributed by atoms with Crippen molar-refractivity contribution < 1.29 is 15.6 Å². The smallest absolute Gasteiger partial charge is 0.0843 e. The molecule has 3 nitrogen and oxygen atoms in total. The standard InChI is InChI=1S/C33H69N.C4H8O2/c1-3-5-7-9-11-13-15-17-19-21-23-25-27-29-31-33(34)32-30-28-26-24-22-20-18-16-14-12-10-8-6-4-2;1-2-3-4(5)6/h33H,3-32,34H2,1-2H3;2-3H2,1H3,(H,5,6). The van der Waals surface area contributed by atoms with Gasteiger partial charge in [0.15, 0.2) is 0 Å². The molecular weight excluding hydrogens is 490 g/mol. The molecule has 0 fully saturated rings. The third-order valence-corrected chi connectivity index (χ3v) is 8.39. The van der Waals surface area contributed by atoms with Gasteiger partial charge in [-0.25, -0.2) is 0 Å². The molecule has 0 unspecified atom stereocenters. The van der Waals surface area contributed by atoms with Gasteiger partial charge in [-0.1, -0.05) is 194 Å². The van der Waals surface area contributed by atoms with Crippen LogP contribution in [0.25, 0.3) is 0 Å². The number of aliphatic carboxylic acids is 1. The summed E-state index contributed by atoms with van der Waals surface area (Å²) in [6.07, 6.45) is 44.4. The van der Waals surface area contributed by atoms with E-state index in [1.165, 1.54) is 193 Å². The zero-order valence-corrected chi connectivity index (χ0v) is 28.2. The Balaban J connectivity index is 0. The Morgan fingerprint density at radius 1 is 0.425 bits per heavy atom. The quantitative estimate of drug-likeness (QED) is 0.0821. The van der Waals surface area contributed by atoms with E-state index in [0.717, 1.165) is 6.04 Å². The molecule has 0 aliphatic rings. The average Bonchev–Trinajstić information content (AvgIpc) is 2.93. The molecule has 40 heavy (non-hydrogen) atoms. The Morgan fingerprint density at radius 2 is 0.650 bits per heavy atom. The highest BCUT2D eigenvalue weighted by atomic mass is 16.4. The Kier molecular flexibility index (Phi) is 39.9. The first-order valence-electron chi connectivity index (χ1n) is 18.6. The lowest BCUT2D eigenvalue weighted by Gasteiger charge is -2.08. The van der Waals surface area contributed by atoms with Crippen LogP contribution in [0.5, 0.6) is 0 Å². The number of unbranched alkanes of at least 4 members (excludes halogenated alkanes) is 26. The zero-order chi connectivity index (χ0) is 29.8. The first-order chi connectivity index (χ1) is 19.6. The molecule has 0 rings (SSSR count). The predicted molar refractivity (Wildman–Crippen MR) is 176 cm³/mol. The SMILES string of the molecule is CCCC(=O)[O-].CCCCCCCCCCCCCCCCC([NH3+])CCCCCCCCCCCCCCCC. The second-order valence-electron chi connectivity index (χ2n) is 12.8. The molecule has 0 amide bonds. The zero-order valence-electron chi connectivity index (χ0n) is 28.2. The number of rotatable bonds is 32. The van der Waals surface area contributed by atoms with Gasteiger partial charge in [-0.3, -0.25) is 0 Å². The van der Waals surface area contributed by atoms with Gasteiger partial charge in [0.2, 0.25) is 0 Å². The van der Waals surface area contributed by atoms with Crippen LogP contribution in [0, 0.1) is 0 Å². The molecule has 0 aliphatic heterocycles. The summed E-state index contributed by atoms with van der Waals surface area (Å²) in [5.41, 5.74) is 4.44. The summed E-state index contributed by atoms with van der Waals surface area (Å²) in [6.45, 7) is 6.41.